The summed E-state index contributed by atoms with van der Waals surface area (Å²) in [6.07, 6.45) is 2.80. The van der Waals surface area contributed by atoms with Gasteiger partial charge in [0.05, 0.1) is 5.01 Å². The number of hydrogen-bond acceptors (Lipinski definition) is 3. The number of aromatic nitrogens is 1. The van der Waals surface area contributed by atoms with Crippen molar-refractivity contribution in [1.29, 1.82) is 0 Å². The molecule has 2 nitrogen and oxygen atoms in total. The van der Waals surface area contributed by atoms with Gasteiger partial charge in [-0.3, -0.25) is 0 Å². The molecule has 3 heteroatoms. The first-order valence-corrected chi connectivity index (χ1v) is 5.87. The maximum absolute atomic E-state index is 4.28. The van der Waals surface area contributed by atoms with Crippen molar-refractivity contribution in [3.63, 3.8) is 0 Å². The molecular weight excluding hydrogens is 204 g/mol. The van der Waals surface area contributed by atoms with Gasteiger partial charge in [0.15, 0.2) is 0 Å². The molecule has 1 aromatic carbocycles. The lowest BCUT2D eigenvalue weighted by Gasteiger charge is -2.02. The SMILES string of the molecule is CNCc1ccc(Cc2nccs2)cc1. The molecule has 0 aliphatic rings. The lowest BCUT2D eigenvalue weighted by molar-refractivity contribution is 0.817. The van der Waals surface area contributed by atoms with Crippen LogP contribution in [-0.2, 0) is 13.0 Å². The van der Waals surface area contributed by atoms with E-state index >= 15 is 0 Å². The summed E-state index contributed by atoms with van der Waals surface area (Å²) < 4.78 is 0. The summed E-state index contributed by atoms with van der Waals surface area (Å²) in [6, 6.07) is 8.68. The zero-order valence-corrected chi connectivity index (χ0v) is 9.55. The van der Waals surface area contributed by atoms with Gasteiger partial charge in [-0.15, -0.1) is 11.3 Å². The molecule has 0 atom stereocenters. The molecule has 0 saturated heterocycles. The van der Waals surface area contributed by atoms with Crippen molar-refractivity contribution in [3.8, 4) is 0 Å². The third-order valence-corrected chi connectivity index (χ3v) is 3.02. The van der Waals surface area contributed by atoms with Gasteiger partial charge in [-0.05, 0) is 18.2 Å². The van der Waals surface area contributed by atoms with E-state index in [1.165, 1.54) is 16.1 Å². The smallest absolute Gasteiger partial charge is 0.0968 e. The fraction of sp³-hybridized carbons (Fsp3) is 0.250. The standard InChI is InChI=1S/C12H14N2S/c1-13-9-11-4-2-10(3-5-11)8-12-14-6-7-15-12/h2-7,13H,8-9H2,1H3. The fourth-order valence-electron chi connectivity index (χ4n) is 1.49. The zero-order valence-electron chi connectivity index (χ0n) is 8.73. The Hall–Kier alpha value is -1.19. The summed E-state index contributed by atoms with van der Waals surface area (Å²) in [6.45, 7) is 0.928. The second-order valence-electron chi connectivity index (χ2n) is 3.45. The summed E-state index contributed by atoms with van der Waals surface area (Å²) in [5, 5.41) is 6.33. The molecule has 0 radical (unpaired) electrons. The van der Waals surface area contributed by atoms with Gasteiger partial charge in [0.1, 0.15) is 0 Å². The molecule has 2 aromatic rings. The molecule has 1 N–H and O–H groups in total. The van der Waals surface area contributed by atoms with Gasteiger partial charge in [-0.25, -0.2) is 4.98 Å². The summed E-state index contributed by atoms with van der Waals surface area (Å²) in [5.74, 6) is 0. The van der Waals surface area contributed by atoms with Gasteiger partial charge in [0.25, 0.3) is 0 Å². The van der Waals surface area contributed by atoms with E-state index in [4.69, 9.17) is 0 Å². The highest BCUT2D eigenvalue weighted by Crippen LogP contribution is 2.12. The van der Waals surface area contributed by atoms with Crippen LogP contribution in [0.4, 0.5) is 0 Å². The topological polar surface area (TPSA) is 24.9 Å². The highest BCUT2D eigenvalue weighted by molar-refractivity contribution is 7.09. The van der Waals surface area contributed by atoms with Crippen LogP contribution >= 0.6 is 11.3 Å². The third-order valence-electron chi connectivity index (χ3n) is 2.24. The minimum atomic E-state index is 0.928. The molecule has 1 heterocycles. The number of thiazole rings is 1. The number of rotatable bonds is 4. The molecule has 0 spiro atoms. The van der Waals surface area contributed by atoms with Crippen LogP contribution in [0.25, 0.3) is 0 Å². The van der Waals surface area contributed by atoms with E-state index < -0.39 is 0 Å². The van der Waals surface area contributed by atoms with Crippen LogP contribution in [0.15, 0.2) is 35.8 Å². The molecule has 0 aliphatic carbocycles. The fourth-order valence-corrected chi connectivity index (χ4v) is 2.14. The van der Waals surface area contributed by atoms with Gasteiger partial charge >= 0.3 is 0 Å². The van der Waals surface area contributed by atoms with Crippen LogP contribution in [0.3, 0.4) is 0 Å². The summed E-state index contributed by atoms with van der Waals surface area (Å²) in [4.78, 5) is 4.28. The van der Waals surface area contributed by atoms with E-state index in [0.717, 1.165) is 13.0 Å². The number of benzene rings is 1. The Bertz CT molecular complexity index is 392. The molecule has 0 aliphatic heterocycles. The van der Waals surface area contributed by atoms with Crippen molar-refractivity contribution >= 4 is 11.3 Å². The van der Waals surface area contributed by atoms with Gasteiger partial charge < -0.3 is 5.32 Å². The van der Waals surface area contributed by atoms with Gasteiger partial charge in [-0.1, -0.05) is 24.3 Å². The van der Waals surface area contributed by atoms with E-state index in [9.17, 15) is 0 Å². The Labute approximate surface area is 94.0 Å². The van der Waals surface area contributed by atoms with Crippen LogP contribution in [0, 0.1) is 0 Å². The Morgan fingerprint density at radius 1 is 1.20 bits per heavy atom. The van der Waals surface area contributed by atoms with Crippen LogP contribution in [0.1, 0.15) is 16.1 Å². The van der Waals surface area contributed by atoms with E-state index in [-0.39, 0.29) is 0 Å². The number of nitrogens with one attached hydrogen (secondary N) is 1. The van der Waals surface area contributed by atoms with E-state index in [1.54, 1.807) is 11.3 Å². The molecule has 0 unspecified atom stereocenters. The molecule has 15 heavy (non-hydrogen) atoms. The molecule has 0 saturated carbocycles. The molecule has 0 amide bonds. The molecule has 1 aromatic heterocycles. The van der Waals surface area contributed by atoms with Gasteiger partial charge in [-0.2, -0.15) is 0 Å². The van der Waals surface area contributed by atoms with Crippen molar-refractivity contribution < 1.29 is 0 Å². The first-order valence-electron chi connectivity index (χ1n) is 4.99. The Kier molecular flexibility index (Phi) is 3.48. The van der Waals surface area contributed by atoms with Crippen molar-refractivity contribution in [1.82, 2.24) is 10.3 Å². The maximum Gasteiger partial charge on any atom is 0.0968 e. The molecule has 2 rings (SSSR count). The molecular formula is C12H14N2S. The van der Waals surface area contributed by atoms with Crippen LogP contribution < -0.4 is 5.32 Å². The van der Waals surface area contributed by atoms with Gasteiger partial charge in [0, 0.05) is 24.5 Å². The third kappa shape index (κ3) is 2.88. The van der Waals surface area contributed by atoms with Crippen molar-refractivity contribution in [2.75, 3.05) is 7.05 Å². The minimum Gasteiger partial charge on any atom is -0.316 e. The van der Waals surface area contributed by atoms with Crippen molar-refractivity contribution in [2.45, 2.75) is 13.0 Å². The monoisotopic (exact) mass is 218 g/mol. The van der Waals surface area contributed by atoms with Crippen LogP contribution in [0.5, 0.6) is 0 Å². The highest BCUT2D eigenvalue weighted by atomic mass is 32.1. The number of hydrogen-bond donors (Lipinski definition) is 1. The van der Waals surface area contributed by atoms with Crippen LogP contribution in [0.2, 0.25) is 0 Å². The van der Waals surface area contributed by atoms with Crippen molar-refractivity contribution in [2.24, 2.45) is 0 Å². The second-order valence-corrected chi connectivity index (χ2v) is 4.43. The number of nitrogens with zero attached hydrogens (tertiary/aromatic N) is 1. The second kappa shape index (κ2) is 5.05. The lowest BCUT2D eigenvalue weighted by atomic mass is 10.1. The van der Waals surface area contributed by atoms with E-state index in [0.29, 0.717) is 0 Å². The summed E-state index contributed by atoms with van der Waals surface area (Å²) >= 11 is 1.71. The molecule has 0 bridgehead atoms. The predicted octanol–water partition coefficient (Wildman–Crippen LogP) is 2.45. The van der Waals surface area contributed by atoms with Crippen molar-refractivity contribution in [3.05, 3.63) is 52.0 Å². The first-order chi connectivity index (χ1) is 7.38. The van der Waals surface area contributed by atoms with Crippen LogP contribution in [-0.4, -0.2) is 12.0 Å². The molecule has 78 valence electrons. The maximum atomic E-state index is 4.28. The Morgan fingerprint density at radius 3 is 2.53 bits per heavy atom. The zero-order chi connectivity index (χ0) is 10.5. The normalized spacial score (nSPS) is 10.5. The predicted molar refractivity (Wildman–Crippen MR) is 64.1 cm³/mol. The first kappa shape index (κ1) is 10.3. The largest absolute Gasteiger partial charge is 0.316 e. The van der Waals surface area contributed by atoms with E-state index in [1.807, 2.05) is 18.6 Å². The quantitative estimate of drug-likeness (QED) is 0.852. The van der Waals surface area contributed by atoms with E-state index in [2.05, 4.69) is 34.6 Å². The summed E-state index contributed by atoms with van der Waals surface area (Å²) in [5.41, 5.74) is 2.64. The average Bonchev–Trinajstić information content (AvgIpc) is 2.74. The highest BCUT2D eigenvalue weighted by Gasteiger charge is 1.98. The minimum absolute atomic E-state index is 0.928. The summed E-state index contributed by atoms with van der Waals surface area (Å²) in [7, 11) is 1.96. The molecule has 0 fully saturated rings. The van der Waals surface area contributed by atoms with Gasteiger partial charge in [0.2, 0.25) is 0 Å². The Morgan fingerprint density at radius 2 is 1.93 bits per heavy atom. The Balaban J connectivity index is 2.04. The lowest BCUT2D eigenvalue weighted by Crippen LogP contribution is -2.04. The average molecular weight is 218 g/mol.